The minimum absolute atomic E-state index is 0.207. The highest BCUT2D eigenvalue weighted by Crippen LogP contribution is 2.49. The molecule has 0 bridgehead atoms. The monoisotopic (exact) mass is 524 g/mol. The minimum atomic E-state index is -0.608. The fourth-order valence-electron chi connectivity index (χ4n) is 5.50. The van der Waals surface area contributed by atoms with Gasteiger partial charge in [0.25, 0.3) is 0 Å². The zero-order valence-corrected chi connectivity index (χ0v) is 21.2. The standard InChI is InChI=1S/C30H25FN4O4/c1-37-16-23-24(35-11-3-2-4-26(35)32-23)13-17-5-9-21-19(12-17)15-38-25-14-20(31)8-10-22(25)28(21)27(18-6-7-18)29-33-30(36)39-34-29/h2-5,8-12,14,18H,6-7,13,15-16H2,1H3,(H,33,34,36). The predicted octanol–water partition coefficient (Wildman–Crippen LogP) is 5.15. The molecule has 1 saturated carbocycles. The second kappa shape index (κ2) is 9.36. The lowest BCUT2D eigenvalue weighted by Crippen LogP contribution is -2.04. The molecule has 0 spiro atoms. The summed E-state index contributed by atoms with van der Waals surface area (Å²) in [4.78, 5) is 19.4. The molecule has 5 aromatic rings. The van der Waals surface area contributed by atoms with Crippen LogP contribution in [-0.2, 0) is 24.4 Å². The zero-order valence-electron chi connectivity index (χ0n) is 21.2. The lowest BCUT2D eigenvalue weighted by Gasteiger charge is -2.16. The van der Waals surface area contributed by atoms with Crippen LogP contribution in [0.4, 0.5) is 4.39 Å². The topological polar surface area (TPSA) is 94.7 Å². The Morgan fingerprint density at radius 1 is 1.15 bits per heavy atom. The highest BCUT2D eigenvalue weighted by Gasteiger charge is 2.35. The molecule has 1 aliphatic carbocycles. The van der Waals surface area contributed by atoms with Crippen LogP contribution in [0.15, 0.2) is 70.1 Å². The molecule has 0 unspecified atom stereocenters. The first-order chi connectivity index (χ1) is 19.1. The van der Waals surface area contributed by atoms with Gasteiger partial charge in [0.1, 0.15) is 23.8 Å². The van der Waals surface area contributed by atoms with Gasteiger partial charge in [-0.2, -0.15) is 0 Å². The largest absolute Gasteiger partial charge is 0.488 e. The van der Waals surface area contributed by atoms with E-state index in [1.165, 1.54) is 12.1 Å². The van der Waals surface area contributed by atoms with Gasteiger partial charge in [-0.25, -0.2) is 14.2 Å². The lowest BCUT2D eigenvalue weighted by molar-refractivity contribution is 0.181. The maximum atomic E-state index is 14.3. The van der Waals surface area contributed by atoms with Crippen molar-refractivity contribution in [2.45, 2.75) is 32.5 Å². The van der Waals surface area contributed by atoms with Crippen molar-refractivity contribution >= 4 is 16.8 Å². The minimum Gasteiger partial charge on any atom is -0.488 e. The number of allylic oxidation sites excluding steroid dienone is 1. The number of fused-ring (bicyclic) bond motifs is 3. The molecule has 0 radical (unpaired) electrons. The fraction of sp³-hybridized carbons (Fsp3) is 0.233. The molecular formula is C30H25FN4O4. The Morgan fingerprint density at radius 2 is 2.03 bits per heavy atom. The normalized spacial score (nSPS) is 15.9. The summed E-state index contributed by atoms with van der Waals surface area (Å²) in [5.41, 5.74) is 8.36. The third kappa shape index (κ3) is 4.24. The van der Waals surface area contributed by atoms with Crippen molar-refractivity contribution in [2.24, 2.45) is 5.92 Å². The molecule has 196 valence electrons. The van der Waals surface area contributed by atoms with Gasteiger partial charge in [-0.1, -0.05) is 29.4 Å². The highest BCUT2D eigenvalue weighted by atomic mass is 19.1. The second-order valence-corrected chi connectivity index (χ2v) is 9.97. The first-order valence-corrected chi connectivity index (χ1v) is 12.9. The van der Waals surface area contributed by atoms with Crippen molar-refractivity contribution in [1.82, 2.24) is 19.5 Å². The second-order valence-electron chi connectivity index (χ2n) is 9.97. The van der Waals surface area contributed by atoms with Crippen molar-refractivity contribution < 1.29 is 18.4 Å². The van der Waals surface area contributed by atoms with Crippen LogP contribution in [0, 0.1) is 11.7 Å². The predicted molar refractivity (Wildman–Crippen MR) is 142 cm³/mol. The molecule has 0 saturated heterocycles. The van der Waals surface area contributed by atoms with E-state index in [1.54, 1.807) is 13.2 Å². The maximum Gasteiger partial charge on any atom is 0.439 e. The molecule has 1 aliphatic heterocycles. The zero-order chi connectivity index (χ0) is 26.5. The first-order valence-electron chi connectivity index (χ1n) is 12.9. The molecule has 0 atom stereocenters. The van der Waals surface area contributed by atoms with Gasteiger partial charge in [0.15, 0.2) is 5.82 Å². The SMILES string of the molecule is COCc1nc2ccccn2c1Cc1ccc2c(c1)COc1cc(F)ccc1C2=C(c1noc(=O)[nH]1)C1CC1. The molecular weight excluding hydrogens is 499 g/mol. The van der Waals surface area contributed by atoms with Crippen LogP contribution in [-0.4, -0.2) is 26.6 Å². The van der Waals surface area contributed by atoms with Gasteiger partial charge in [-0.15, -0.1) is 0 Å². The molecule has 1 fully saturated rings. The number of methoxy groups -OCH3 is 1. The molecule has 4 heterocycles. The van der Waals surface area contributed by atoms with Crippen LogP contribution in [0.5, 0.6) is 5.75 Å². The Balaban J connectivity index is 1.39. The van der Waals surface area contributed by atoms with Crippen molar-refractivity contribution in [3.63, 3.8) is 0 Å². The summed E-state index contributed by atoms with van der Waals surface area (Å²) < 4.78 is 32.9. The highest BCUT2D eigenvalue weighted by molar-refractivity contribution is 6.01. The van der Waals surface area contributed by atoms with Gasteiger partial charge in [-0.3, -0.25) is 9.51 Å². The number of hydrogen-bond donors (Lipinski definition) is 1. The van der Waals surface area contributed by atoms with E-state index in [4.69, 9.17) is 19.0 Å². The van der Waals surface area contributed by atoms with Gasteiger partial charge in [0.05, 0.1) is 18.0 Å². The Labute approximate surface area is 222 Å². The smallest absolute Gasteiger partial charge is 0.439 e. The Bertz CT molecular complexity index is 1810. The van der Waals surface area contributed by atoms with Crippen molar-refractivity contribution in [3.8, 4) is 5.75 Å². The summed E-state index contributed by atoms with van der Waals surface area (Å²) in [7, 11) is 1.67. The average molecular weight is 525 g/mol. The molecule has 7 rings (SSSR count). The number of rotatable bonds is 6. The summed E-state index contributed by atoms with van der Waals surface area (Å²) >= 11 is 0. The number of benzene rings is 2. The summed E-state index contributed by atoms with van der Waals surface area (Å²) in [6.45, 7) is 0.688. The molecule has 1 N–H and O–H groups in total. The van der Waals surface area contributed by atoms with Gasteiger partial charge in [0, 0.05) is 42.5 Å². The molecule has 9 heteroatoms. The van der Waals surface area contributed by atoms with E-state index in [1.807, 2.05) is 24.4 Å². The van der Waals surface area contributed by atoms with Gasteiger partial charge in [0.2, 0.25) is 0 Å². The number of pyridine rings is 1. The number of hydrogen-bond acceptors (Lipinski definition) is 6. The number of nitrogens with zero attached hydrogens (tertiary/aromatic N) is 3. The Hall–Kier alpha value is -4.50. The Morgan fingerprint density at radius 3 is 2.82 bits per heavy atom. The summed E-state index contributed by atoms with van der Waals surface area (Å²) in [5.74, 6) is 0.0823. The number of ether oxygens (including phenoxy) is 2. The van der Waals surface area contributed by atoms with E-state index in [-0.39, 0.29) is 18.3 Å². The van der Waals surface area contributed by atoms with Gasteiger partial charge < -0.3 is 13.9 Å². The molecule has 39 heavy (non-hydrogen) atoms. The van der Waals surface area contributed by atoms with E-state index in [0.29, 0.717) is 24.6 Å². The van der Waals surface area contributed by atoms with E-state index < -0.39 is 5.76 Å². The summed E-state index contributed by atoms with van der Waals surface area (Å²) in [5, 5.41) is 4.03. The van der Waals surface area contributed by atoms with E-state index in [9.17, 15) is 9.18 Å². The molecule has 2 aromatic carbocycles. The van der Waals surface area contributed by atoms with Gasteiger partial charge >= 0.3 is 5.76 Å². The summed E-state index contributed by atoms with van der Waals surface area (Å²) in [6.07, 6.45) is 4.59. The quantitative estimate of drug-likeness (QED) is 0.330. The van der Waals surface area contributed by atoms with Crippen LogP contribution in [0.1, 0.15) is 52.3 Å². The van der Waals surface area contributed by atoms with Crippen LogP contribution >= 0.6 is 0 Å². The third-order valence-electron chi connectivity index (χ3n) is 7.35. The van der Waals surface area contributed by atoms with Crippen LogP contribution in [0.25, 0.3) is 16.8 Å². The molecule has 0 amide bonds. The van der Waals surface area contributed by atoms with Crippen molar-refractivity contribution in [2.75, 3.05) is 7.11 Å². The maximum absolute atomic E-state index is 14.3. The van der Waals surface area contributed by atoms with E-state index in [0.717, 1.165) is 63.3 Å². The molecule has 2 aliphatic rings. The first kappa shape index (κ1) is 23.6. The Kier molecular flexibility index (Phi) is 5.66. The van der Waals surface area contributed by atoms with Crippen LogP contribution in [0.3, 0.4) is 0 Å². The van der Waals surface area contributed by atoms with Gasteiger partial charge in [-0.05, 0) is 59.7 Å². The number of H-pyrrole nitrogens is 1. The number of aromatic nitrogens is 4. The third-order valence-corrected chi connectivity index (χ3v) is 7.35. The number of aromatic amines is 1. The summed E-state index contributed by atoms with van der Waals surface area (Å²) in [6, 6.07) is 16.8. The van der Waals surface area contributed by atoms with E-state index in [2.05, 4.69) is 32.7 Å². The average Bonchev–Trinajstić information content (AvgIpc) is 3.63. The molecule has 3 aromatic heterocycles. The molecule has 8 nitrogen and oxygen atoms in total. The number of imidazole rings is 1. The van der Waals surface area contributed by atoms with Crippen molar-refractivity contribution in [3.05, 3.63) is 117 Å². The number of nitrogens with one attached hydrogen (secondary N) is 1. The van der Waals surface area contributed by atoms with Crippen LogP contribution < -0.4 is 10.5 Å². The number of halogens is 1. The lowest BCUT2D eigenvalue weighted by atomic mass is 9.87. The van der Waals surface area contributed by atoms with Crippen molar-refractivity contribution in [1.29, 1.82) is 0 Å². The van der Waals surface area contributed by atoms with Crippen LogP contribution in [0.2, 0.25) is 0 Å². The fourth-order valence-corrected chi connectivity index (χ4v) is 5.50. The van der Waals surface area contributed by atoms with E-state index >= 15 is 0 Å².